The summed E-state index contributed by atoms with van der Waals surface area (Å²) in [5, 5.41) is 3.22. The fourth-order valence-corrected chi connectivity index (χ4v) is 6.76. The third-order valence-corrected chi connectivity index (χ3v) is 9.10. The molecule has 1 N–H and O–H groups in total. The summed E-state index contributed by atoms with van der Waals surface area (Å²) >= 11 is 3.52. The van der Waals surface area contributed by atoms with Crippen LogP contribution in [0.25, 0.3) is 0 Å². The van der Waals surface area contributed by atoms with Gasteiger partial charge >= 0.3 is 0 Å². The summed E-state index contributed by atoms with van der Waals surface area (Å²) in [5.41, 5.74) is 2.44. The van der Waals surface area contributed by atoms with Crippen LogP contribution in [0.15, 0.2) is 89.4 Å². The summed E-state index contributed by atoms with van der Waals surface area (Å²) in [4.78, 5) is 29.4. The predicted molar refractivity (Wildman–Crippen MR) is 167 cm³/mol. The van der Waals surface area contributed by atoms with Crippen molar-refractivity contribution < 1.29 is 18.0 Å². The Hall–Kier alpha value is -3.17. The summed E-state index contributed by atoms with van der Waals surface area (Å²) < 4.78 is 27.3. The van der Waals surface area contributed by atoms with Gasteiger partial charge in [0.05, 0.1) is 11.9 Å². The topological polar surface area (TPSA) is 86.8 Å². The second kappa shape index (κ2) is 14.6. The summed E-state index contributed by atoms with van der Waals surface area (Å²) in [6.45, 7) is 0.430. The van der Waals surface area contributed by atoms with E-state index in [-0.39, 0.29) is 37.4 Å². The monoisotopic (exact) mass is 639 g/mol. The molecule has 41 heavy (non-hydrogen) atoms. The van der Waals surface area contributed by atoms with Gasteiger partial charge in [-0.1, -0.05) is 89.4 Å². The number of para-hydroxylation sites is 1. The van der Waals surface area contributed by atoms with E-state index in [1.54, 1.807) is 29.2 Å². The smallest absolute Gasteiger partial charge is 0.243 e. The molecule has 0 aromatic heterocycles. The Balaban J connectivity index is 1.58. The Kier molecular flexibility index (Phi) is 11.0. The van der Waals surface area contributed by atoms with Gasteiger partial charge in [0.2, 0.25) is 21.8 Å². The van der Waals surface area contributed by atoms with E-state index in [1.807, 2.05) is 60.7 Å². The molecule has 0 aliphatic heterocycles. The molecule has 1 atom stereocenters. The highest BCUT2D eigenvalue weighted by atomic mass is 79.9. The van der Waals surface area contributed by atoms with E-state index in [2.05, 4.69) is 21.2 Å². The summed E-state index contributed by atoms with van der Waals surface area (Å²) in [6.07, 6.45) is 6.06. The number of hydrogen-bond donors (Lipinski definition) is 1. The normalized spacial score (nSPS) is 14.4. The fraction of sp³-hybridized carbons (Fsp3) is 0.375. The largest absolute Gasteiger partial charge is 0.352 e. The van der Waals surface area contributed by atoms with Gasteiger partial charge in [-0.15, -0.1) is 0 Å². The van der Waals surface area contributed by atoms with Crippen molar-refractivity contribution in [1.29, 1.82) is 0 Å². The summed E-state index contributed by atoms with van der Waals surface area (Å²) in [5.74, 6) is -0.333. The minimum absolute atomic E-state index is 0.106. The molecule has 0 heterocycles. The molecule has 9 heteroatoms. The van der Waals surface area contributed by atoms with E-state index in [0.717, 1.165) is 41.3 Å². The lowest BCUT2D eigenvalue weighted by Crippen LogP contribution is -2.52. The highest BCUT2D eigenvalue weighted by Crippen LogP contribution is 2.22. The second-order valence-corrected chi connectivity index (χ2v) is 13.4. The molecule has 0 radical (unpaired) electrons. The van der Waals surface area contributed by atoms with Crippen molar-refractivity contribution in [3.8, 4) is 0 Å². The Labute approximate surface area is 252 Å². The zero-order valence-electron chi connectivity index (χ0n) is 23.4. The number of hydrogen-bond acceptors (Lipinski definition) is 4. The number of nitrogens with zero attached hydrogens (tertiary/aromatic N) is 2. The first kappa shape index (κ1) is 30.8. The number of benzene rings is 3. The summed E-state index contributed by atoms with van der Waals surface area (Å²) in [6, 6.07) is 25.8. The van der Waals surface area contributed by atoms with Crippen molar-refractivity contribution in [1.82, 2.24) is 10.2 Å². The fourth-order valence-electron chi connectivity index (χ4n) is 5.35. The van der Waals surface area contributed by atoms with Crippen LogP contribution < -0.4 is 9.62 Å². The number of sulfonamides is 1. The van der Waals surface area contributed by atoms with Crippen LogP contribution in [0.3, 0.4) is 0 Å². The van der Waals surface area contributed by atoms with Crippen LogP contribution in [0.1, 0.15) is 49.7 Å². The van der Waals surface area contributed by atoms with E-state index in [1.165, 1.54) is 10.6 Å². The first-order valence-electron chi connectivity index (χ1n) is 14.1. The minimum Gasteiger partial charge on any atom is -0.352 e. The third-order valence-electron chi connectivity index (χ3n) is 7.41. The quantitative estimate of drug-likeness (QED) is 0.260. The molecule has 0 spiro atoms. The average molecular weight is 641 g/mol. The SMILES string of the molecule is CS(=O)(=O)N(CCCC(=O)N(Cc1cccc(Br)c1)C(Cc1ccccc1)C(=O)NC1CCCC1)c1ccccc1. The van der Waals surface area contributed by atoms with E-state index < -0.39 is 16.1 Å². The zero-order chi connectivity index (χ0) is 29.2. The van der Waals surface area contributed by atoms with Gasteiger partial charge in [0, 0.05) is 36.4 Å². The summed E-state index contributed by atoms with van der Waals surface area (Å²) in [7, 11) is -3.53. The first-order chi connectivity index (χ1) is 19.7. The standard InChI is InChI=1S/C32H38BrN3O4S/c1-41(39,40)36(29-18-6-3-7-19-29)21-11-20-31(37)35(24-26-14-10-15-27(33)22-26)30(23-25-12-4-2-5-13-25)32(38)34-28-16-8-9-17-28/h2-7,10,12-15,18-19,22,28,30H,8-9,11,16-17,20-21,23-24H2,1H3,(H,34,38). The van der Waals surface area contributed by atoms with Crippen LogP contribution in [0.5, 0.6) is 0 Å². The molecule has 7 nitrogen and oxygen atoms in total. The van der Waals surface area contributed by atoms with Crippen molar-refractivity contribution in [2.45, 2.75) is 63.6 Å². The maximum atomic E-state index is 13.9. The lowest BCUT2D eigenvalue weighted by atomic mass is 10.0. The number of amides is 2. The Morgan fingerprint density at radius 1 is 0.927 bits per heavy atom. The minimum atomic E-state index is -3.53. The van der Waals surface area contributed by atoms with Crippen LogP contribution in [-0.2, 0) is 32.6 Å². The molecule has 1 aliphatic rings. The van der Waals surface area contributed by atoms with Gasteiger partial charge in [0.15, 0.2) is 0 Å². The van der Waals surface area contributed by atoms with Crippen LogP contribution >= 0.6 is 15.9 Å². The second-order valence-electron chi connectivity index (χ2n) is 10.6. The average Bonchev–Trinajstić information content (AvgIpc) is 3.46. The lowest BCUT2D eigenvalue weighted by Gasteiger charge is -2.33. The molecule has 0 saturated heterocycles. The van der Waals surface area contributed by atoms with Gasteiger partial charge in [-0.3, -0.25) is 13.9 Å². The van der Waals surface area contributed by atoms with E-state index in [0.29, 0.717) is 18.5 Å². The Morgan fingerprint density at radius 2 is 1.56 bits per heavy atom. The van der Waals surface area contributed by atoms with Crippen molar-refractivity contribution in [3.63, 3.8) is 0 Å². The van der Waals surface area contributed by atoms with E-state index >= 15 is 0 Å². The molecule has 0 bridgehead atoms. The molecule has 3 aromatic rings. The molecule has 1 saturated carbocycles. The maximum Gasteiger partial charge on any atom is 0.243 e. The van der Waals surface area contributed by atoms with Crippen molar-refractivity contribution in [2.75, 3.05) is 17.1 Å². The zero-order valence-corrected chi connectivity index (χ0v) is 25.8. The lowest BCUT2D eigenvalue weighted by molar-refractivity contribution is -0.141. The van der Waals surface area contributed by atoms with Crippen LogP contribution in [0.2, 0.25) is 0 Å². The maximum absolute atomic E-state index is 13.9. The highest BCUT2D eigenvalue weighted by molar-refractivity contribution is 9.10. The van der Waals surface area contributed by atoms with Crippen molar-refractivity contribution >= 4 is 43.5 Å². The van der Waals surface area contributed by atoms with Gasteiger partial charge in [-0.05, 0) is 54.7 Å². The van der Waals surface area contributed by atoms with Crippen molar-refractivity contribution in [2.24, 2.45) is 0 Å². The molecule has 1 fully saturated rings. The van der Waals surface area contributed by atoms with E-state index in [9.17, 15) is 18.0 Å². The number of carbonyl (C=O) groups is 2. The number of carbonyl (C=O) groups excluding carboxylic acids is 2. The van der Waals surface area contributed by atoms with Gasteiger partial charge in [0.1, 0.15) is 6.04 Å². The van der Waals surface area contributed by atoms with E-state index in [4.69, 9.17) is 0 Å². The van der Waals surface area contributed by atoms with Crippen LogP contribution in [0.4, 0.5) is 5.69 Å². The predicted octanol–water partition coefficient (Wildman–Crippen LogP) is 5.69. The molecule has 1 aliphatic carbocycles. The molecule has 3 aromatic carbocycles. The molecule has 1 unspecified atom stereocenters. The molecule has 218 valence electrons. The van der Waals surface area contributed by atoms with Gasteiger partial charge in [0.25, 0.3) is 0 Å². The van der Waals surface area contributed by atoms with Gasteiger partial charge in [-0.25, -0.2) is 8.42 Å². The molecular weight excluding hydrogens is 602 g/mol. The molecule has 2 amide bonds. The third kappa shape index (κ3) is 9.16. The Bertz CT molecular complexity index is 1400. The molecule has 4 rings (SSSR count). The van der Waals surface area contributed by atoms with Gasteiger partial charge < -0.3 is 10.2 Å². The number of anilines is 1. The molecular formula is C32H38BrN3O4S. The van der Waals surface area contributed by atoms with Gasteiger partial charge in [-0.2, -0.15) is 0 Å². The van der Waals surface area contributed by atoms with Crippen LogP contribution in [0, 0.1) is 0 Å². The number of rotatable bonds is 13. The first-order valence-corrected chi connectivity index (χ1v) is 16.8. The number of nitrogens with one attached hydrogen (secondary N) is 1. The highest BCUT2D eigenvalue weighted by Gasteiger charge is 2.32. The van der Waals surface area contributed by atoms with Crippen molar-refractivity contribution in [3.05, 3.63) is 101 Å². The van der Waals surface area contributed by atoms with Crippen LogP contribution in [-0.4, -0.2) is 50.0 Å². The number of halogens is 1. The Morgan fingerprint density at radius 3 is 2.20 bits per heavy atom.